The number of hydrogen-bond donors (Lipinski definition) is 1. The highest BCUT2D eigenvalue weighted by Crippen LogP contribution is 2.57. The van der Waals surface area contributed by atoms with Crippen molar-refractivity contribution in [3.8, 4) is 0 Å². The molecule has 0 radical (unpaired) electrons. The molecule has 28 heavy (non-hydrogen) atoms. The van der Waals surface area contributed by atoms with Crippen molar-refractivity contribution >= 4 is 23.3 Å². The summed E-state index contributed by atoms with van der Waals surface area (Å²) in [6.07, 6.45) is 30.3. The van der Waals surface area contributed by atoms with Crippen LogP contribution >= 0.6 is 23.3 Å². The lowest BCUT2D eigenvalue weighted by Gasteiger charge is -2.28. The van der Waals surface area contributed by atoms with Gasteiger partial charge in [0.15, 0.2) is 0 Å². The minimum absolute atomic E-state index is 0.960. The third-order valence-electron chi connectivity index (χ3n) is 6.21. The van der Waals surface area contributed by atoms with E-state index < -0.39 is 7.41 Å². The molecule has 1 N–H and O–H groups in total. The Morgan fingerprint density at radius 2 is 0.750 bits per heavy atom. The summed E-state index contributed by atoms with van der Waals surface area (Å²) in [7, 11) is -0.960. The van der Waals surface area contributed by atoms with Crippen molar-refractivity contribution in [2.75, 3.05) is 23.9 Å². The summed E-state index contributed by atoms with van der Waals surface area (Å²) < 4.78 is 0. The number of hydrogen-bond acceptors (Lipinski definition) is 1. The molecular formula is C25H54BrNP+. The van der Waals surface area contributed by atoms with E-state index in [0.29, 0.717) is 0 Å². The van der Waals surface area contributed by atoms with Crippen molar-refractivity contribution in [2.45, 2.75) is 136 Å². The van der Waals surface area contributed by atoms with E-state index in [2.05, 4.69) is 41.8 Å². The average Bonchev–Trinajstić information content (AvgIpc) is 2.70. The fourth-order valence-electron chi connectivity index (χ4n) is 4.28. The van der Waals surface area contributed by atoms with Crippen molar-refractivity contribution in [1.82, 2.24) is 5.09 Å². The first kappa shape index (κ1) is 28.9. The maximum atomic E-state index is 4.03. The second kappa shape index (κ2) is 22.6. The van der Waals surface area contributed by atoms with Gasteiger partial charge in [-0.3, -0.25) is 0 Å². The Labute approximate surface area is 188 Å². The van der Waals surface area contributed by atoms with Crippen LogP contribution in [0.4, 0.5) is 0 Å². The Morgan fingerprint density at radius 3 is 1.04 bits per heavy atom. The number of halogens is 1. The first-order valence-corrected chi connectivity index (χ1v) is 16.4. The van der Waals surface area contributed by atoms with Gasteiger partial charge >= 0.3 is 0 Å². The minimum atomic E-state index is -0.960. The highest BCUT2D eigenvalue weighted by atomic mass is 79.9. The van der Waals surface area contributed by atoms with Crippen LogP contribution in [0.1, 0.15) is 136 Å². The fourth-order valence-corrected chi connectivity index (χ4v) is 9.77. The molecule has 170 valence electrons. The zero-order valence-corrected chi connectivity index (χ0v) is 22.4. The molecule has 0 saturated heterocycles. The third kappa shape index (κ3) is 17.7. The van der Waals surface area contributed by atoms with Gasteiger partial charge in [-0.05, 0) is 38.5 Å². The Morgan fingerprint density at radius 1 is 0.464 bits per heavy atom. The van der Waals surface area contributed by atoms with E-state index in [1.807, 2.05) is 0 Å². The molecule has 0 unspecified atom stereocenters. The van der Waals surface area contributed by atoms with Gasteiger partial charge in [0.2, 0.25) is 0 Å². The van der Waals surface area contributed by atoms with E-state index in [4.69, 9.17) is 0 Å². The predicted octanol–water partition coefficient (Wildman–Crippen LogP) is 9.94. The zero-order valence-electron chi connectivity index (χ0n) is 19.9. The summed E-state index contributed by atoms with van der Waals surface area (Å²) >= 11 is 3.73. The molecule has 0 spiro atoms. The van der Waals surface area contributed by atoms with Crippen LogP contribution in [-0.2, 0) is 0 Å². The van der Waals surface area contributed by atoms with Gasteiger partial charge in [0, 0.05) is 0 Å². The molecule has 0 rings (SSSR count). The van der Waals surface area contributed by atoms with Crippen molar-refractivity contribution in [3.05, 3.63) is 0 Å². The summed E-state index contributed by atoms with van der Waals surface area (Å²) in [5, 5.41) is 4.03. The van der Waals surface area contributed by atoms with Crippen LogP contribution in [0, 0.1) is 0 Å². The summed E-state index contributed by atoms with van der Waals surface area (Å²) in [6, 6.07) is 0. The van der Waals surface area contributed by atoms with Crippen LogP contribution in [0.3, 0.4) is 0 Å². The van der Waals surface area contributed by atoms with Gasteiger partial charge in [-0.25, -0.2) is 0 Å². The molecule has 3 heteroatoms. The summed E-state index contributed by atoms with van der Waals surface area (Å²) in [4.78, 5) is 0. The fraction of sp³-hybridized carbons (Fsp3) is 1.00. The van der Waals surface area contributed by atoms with Crippen LogP contribution in [0.25, 0.3) is 0 Å². The topological polar surface area (TPSA) is 12.0 Å². The minimum Gasteiger partial charge on any atom is -0.182 e. The largest absolute Gasteiger partial charge is 0.182 e. The normalized spacial score (nSPS) is 12.0. The van der Waals surface area contributed by atoms with Gasteiger partial charge in [0.1, 0.15) is 0 Å². The quantitative estimate of drug-likeness (QED) is 0.0665. The molecule has 0 heterocycles. The van der Waals surface area contributed by atoms with Gasteiger partial charge in [0.25, 0.3) is 0 Å². The summed E-state index contributed by atoms with van der Waals surface area (Å²) in [5.74, 6) is 0. The molecule has 0 aliphatic rings. The maximum Gasteiger partial charge on any atom is 0.0854 e. The molecule has 0 atom stereocenters. The van der Waals surface area contributed by atoms with Gasteiger partial charge < -0.3 is 0 Å². The molecule has 0 aromatic carbocycles. The molecule has 1 nitrogen and oxygen atoms in total. The molecule has 0 fully saturated rings. The molecular weight excluding hydrogens is 425 g/mol. The van der Waals surface area contributed by atoms with Crippen molar-refractivity contribution < 1.29 is 0 Å². The molecule has 0 saturated carbocycles. The predicted molar refractivity (Wildman–Crippen MR) is 139 cm³/mol. The van der Waals surface area contributed by atoms with E-state index in [1.54, 1.807) is 0 Å². The highest BCUT2D eigenvalue weighted by Gasteiger charge is 2.35. The van der Waals surface area contributed by atoms with Crippen molar-refractivity contribution in [2.24, 2.45) is 0 Å². The monoisotopic (exact) mass is 478 g/mol. The van der Waals surface area contributed by atoms with Gasteiger partial charge in [-0.15, -0.1) is 0 Å². The smallest absolute Gasteiger partial charge is 0.0854 e. The molecule has 0 aromatic heterocycles. The molecule has 0 amide bonds. The summed E-state index contributed by atoms with van der Waals surface area (Å²) in [6.45, 7) is 6.95. The number of nitrogens with one attached hydrogen (secondary N) is 1. The Bertz CT molecular complexity index is 257. The third-order valence-corrected chi connectivity index (χ3v) is 11.3. The van der Waals surface area contributed by atoms with Crippen LogP contribution in [0.2, 0.25) is 0 Å². The zero-order chi connectivity index (χ0) is 20.8. The van der Waals surface area contributed by atoms with Gasteiger partial charge in [-0.1, -0.05) is 114 Å². The number of unbranched alkanes of at least 4 members (excludes halogenated alkanes) is 15. The van der Waals surface area contributed by atoms with Gasteiger partial charge in [0.05, 0.1) is 31.4 Å². The first-order chi connectivity index (χ1) is 13.7. The van der Waals surface area contributed by atoms with E-state index in [1.165, 1.54) is 134 Å². The SMILES string of the molecule is CCCCCCCC[P+](CCCCCCCC)(CCCCCCCC)NCBr. The average molecular weight is 480 g/mol. The van der Waals surface area contributed by atoms with E-state index >= 15 is 0 Å². The lowest BCUT2D eigenvalue weighted by Crippen LogP contribution is -2.23. The summed E-state index contributed by atoms with van der Waals surface area (Å²) in [5.41, 5.74) is 1.00. The standard InChI is InChI=1S/C25H54BrNP/c1-4-7-10-13-16-19-22-28(27-25-26,23-20-17-14-11-8-5-2)24-21-18-15-12-9-6-3/h27H,4-25H2,1-3H3/q+1. The van der Waals surface area contributed by atoms with E-state index in [9.17, 15) is 0 Å². The maximum absolute atomic E-state index is 4.03. The van der Waals surface area contributed by atoms with Crippen molar-refractivity contribution in [1.29, 1.82) is 0 Å². The lowest BCUT2D eigenvalue weighted by molar-refractivity contribution is 0.614. The Kier molecular flexibility index (Phi) is 23.3. The molecule has 0 bridgehead atoms. The van der Waals surface area contributed by atoms with Crippen LogP contribution in [0.15, 0.2) is 0 Å². The second-order valence-electron chi connectivity index (χ2n) is 8.91. The van der Waals surface area contributed by atoms with Crippen LogP contribution in [0.5, 0.6) is 0 Å². The highest BCUT2D eigenvalue weighted by molar-refractivity contribution is 9.09. The van der Waals surface area contributed by atoms with Gasteiger partial charge in [-0.2, -0.15) is 5.09 Å². The van der Waals surface area contributed by atoms with Crippen LogP contribution < -0.4 is 5.09 Å². The molecule has 0 aliphatic carbocycles. The number of alkyl halides is 1. The van der Waals surface area contributed by atoms with E-state index in [0.717, 1.165) is 5.45 Å². The lowest BCUT2D eigenvalue weighted by atomic mass is 10.1. The number of rotatable bonds is 23. The Balaban J connectivity index is 4.39. The molecule has 0 aliphatic heterocycles. The molecule has 0 aromatic rings. The Hall–Kier alpha value is 0.870. The second-order valence-corrected chi connectivity index (χ2v) is 13.4. The first-order valence-electron chi connectivity index (χ1n) is 12.9. The van der Waals surface area contributed by atoms with Crippen LogP contribution in [-0.4, -0.2) is 23.9 Å². The van der Waals surface area contributed by atoms with Crippen molar-refractivity contribution in [3.63, 3.8) is 0 Å². The van der Waals surface area contributed by atoms with E-state index in [-0.39, 0.29) is 0 Å².